The summed E-state index contributed by atoms with van der Waals surface area (Å²) in [4.78, 5) is 3.36. The van der Waals surface area contributed by atoms with E-state index in [4.69, 9.17) is 0 Å². The van der Waals surface area contributed by atoms with Crippen molar-refractivity contribution < 1.29 is 5.11 Å². The van der Waals surface area contributed by atoms with Crippen molar-refractivity contribution in [3.8, 4) is 5.75 Å². The lowest BCUT2D eigenvalue weighted by atomic mass is 9.84. The summed E-state index contributed by atoms with van der Waals surface area (Å²) in [6.45, 7) is 2.09. The molecule has 1 heterocycles. The predicted molar refractivity (Wildman–Crippen MR) is 98.5 cm³/mol. The quantitative estimate of drug-likeness (QED) is 0.524. The number of aryl methyl sites for hydroxylation is 1. The summed E-state index contributed by atoms with van der Waals surface area (Å²) in [7, 11) is 0. The zero-order chi connectivity index (χ0) is 16.5. The first-order chi connectivity index (χ1) is 11.7. The first-order valence-corrected chi connectivity index (χ1v) is 8.14. The molecule has 118 valence electrons. The highest BCUT2D eigenvalue weighted by atomic mass is 16.3. The van der Waals surface area contributed by atoms with Gasteiger partial charge in [0.15, 0.2) is 0 Å². The number of hydrogen-bond acceptors (Lipinski definition) is 1. The second-order valence-electron chi connectivity index (χ2n) is 6.19. The van der Waals surface area contributed by atoms with Gasteiger partial charge >= 0.3 is 0 Å². The van der Waals surface area contributed by atoms with Gasteiger partial charge in [-0.25, -0.2) is 0 Å². The van der Waals surface area contributed by atoms with Gasteiger partial charge in [-0.3, -0.25) is 0 Å². The number of rotatable bonds is 3. The number of hydrogen-bond donors (Lipinski definition) is 2. The molecule has 1 unspecified atom stereocenters. The number of para-hydroxylation sites is 2. The molecule has 1 aromatic heterocycles. The molecule has 0 saturated heterocycles. The summed E-state index contributed by atoms with van der Waals surface area (Å²) < 4.78 is 0. The lowest BCUT2D eigenvalue weighted by Crippen LogP contribution is -2.03. The molecule has 0 saturated carbocycles. The van der Waals surface area contributed by atoms with Gasteiger partial charge in [0.2, 0.25) is 0 Å². The van der Waals surface area contributed by atoms with E-state index in [0.29, 0.717) is 5.75 Å². The molecule has 24 heavy (non-hydrogen) atoms. The summed E-state index contributed by atoms with van der Waals surface area (Å²) >= 11 is 0. The standard InChI is InChI=1S/C22H19NO/c1-15-10-12-16(13-11-15)22(18-7-3-5-9-21(18)24)19-14-23-20-8-4-2-6-17(19)20/h2-14,22-24H,1H3. The van der Waals surface area contributed by atoms with Crippen LogP contribution in [0.1, 0.15) is 28.2 Å². The van der Waals surface area contributed by atoms with Crippen LogP contribution in [0.5, 0.6) is 5.75 Å². The monoisotopic (exact) mass is 313 g/mol. The molecule has 0 amide bonds. The Kier molecular flexibility index (Phi) is 3.58. The molecular weight excluding hydrogens is 294 g/mol. The summed E-state index contributed by atoms with van der Waals surface area (Å²) in [5.41, 5.74) is 5.61. The minimum atomic E-state index is -0.0112. The van der Waals surface area contributed by atoms with Gasteiger partial charge < -0.3 is 10.1 Å². The summed E-state index contributed by atoms with van der Waals surface area (Å²) in [5.74, 6) is 0.316. The third kappa shape index (κ3) is 2.46. The highest BCUT2D eigenvalue weighted by molar-refractivity contribution is 5.85. The number of aromatic amines is 1. The smallest absolute Gasteiger partial charge is 0.119 e. The van der Waals surface area contributed by atoms with Crippen LogP contribution in [-0.2, 0) is 0 Å². The first-order valence-electron chi connectivity index (χ1n) is 8.14. The molecule has 2 heteroatoms. The molecule has 1 atom stereocenters. The van der Waals surface area contributed by atoms with E-state index in [1.165, 1.54) is 22.1 Å². The summed E-state index contributed by atoms with van der Waals surface area (Å²) in [5, 5.41) is 11.6. The molecule has 0 bridgehead atoms. The minimum absolute atomic E-state index is 0.0112. The molecule has 0 aliphatic carbocycles. The van der Waals surface area contributed by atoms with Crippen LogP contribution in [-0.4, -0.2) is 10.1 Å². The van der Waals surface area contributed by atoms with Crippen LogP contribution in [0.25, 0.3) is 10.9 Å². The summed E-state index contributed by atoms with van der Waals surface area (Å²) in [6.07, 6.45) is 2.06. The van der Waals surface area contributed by atoms with Crippen molar-refractivity contribution in [1.29, 1.82) is 0 Å². The second kappa shape index (κ2) is 5.89. The SMILES string of the molecule is Cc1ccc(C(c2ccccc2O)c2c[nH]c3ccccc23)cc1. The van der Waals surface area contributed by atoms with Gasteiger partial charge in [0.1, 0.15) is 5.75 Å². The molecule has 0 fully saturated rings. The van der Waals surface area contributed by atoms with Crippen LogP contribution in [0, 0.1) is 6.92 Å². The average molecular weight is 313 g/mol. The van der Waals surface area contributed by atoms with Crippen molar-refractivity contribution in [2.75, 3.05) is 0 Å². The maximum atomic E-state index is 10.5. The van der Waals surface area contributed by atoms with E-state index in [0.717, 1.165) is 11.1 Å². The Balaban J connectivity index is 1.97. The fourth-order valence-corrected chi connectivity index (χ4v) is 3.35. The Morgan fingerprint density at radius 2 is 1.50 bits per heavy atom. The van der Waals surface area contributed by atoms with Crippen LogP contribution >= 0.6 is 0 Å². The number of phenolic OH excluding ortho intramolecular Hbond substituents is 1. The Hall–Kier alpha value is -3.00. The third-order valence-electron chi connectivity index (χ3n) is 4.59. The fraction of sp³-hybridized carbons (Fsp3) is 0.0909. The van der Waals surface area contributed by atoms with Crippen LogP contribution in [0.2, 0.25) is 0 Å². The predicted octanol–water partition coefficient (Wildman–Crippen LogP) is 5.36. The van der Waals surface area contributed by atoms with Gasteiger partial charge in [-0.05, 0) is 30.2 Å². The van der Waals surface area contributed by atoms with Crippen molar-refractivity contribution in [1.82, 2.24) is 4.98 Å². The van der Waals surface area contributed by atoms with Gasteiger partial charge in [-0.2, -0.15) is 0 Å². The molecule has 0 aliphatic heterocycles. The normalized spacial score (nSPS) is 12.4. The number of phenols is 1. The van der Waals surface area contributed by atoms with Crippen molar-refractivity contribution in [3.63, 3.8) is 0 Å². The first kappa shape index (κ1) is 14.6. The zero-order valence-corrected chi connectivity index (χ0v) is 13.5. The highest BCUT2D eigenvalue weighted by Gasteiger charge is 2.22. The van der Waals surface area contributed by atoms with Gasteiger partial charge in [-0.15, -0.1) is 0 Å². The molecule has 2 N–H and O–H groups in total. The fourth-order valence-electron chi connectivity index (χ4n) is 3.35. The maximum Gasteiger partial charge on any atom is 0.119 e. The Labute approximate surface area is 141 Å². The van der Waals surface area contributed by atoms with Crippen LogP contribution in [0.3, 0.4) is 0 Å². The van der Waals surface area contributed by atoms with E-state index in [2.05, 4.69) is 60.6 Å². The largest absolute Gasteiger partial charge is 0.508 e. The maximum absolute atomic E-state index is 10.5. The van der Waals surface area contributed by atoms with E-state index < -0.39 is 0 Å². The van der Waals surface area contributed by atoms with Crippen molar-refractivity contribution >= 4 is 10.9 Å². The van der Waals surface area contributed by atoms with Gasteiger partial charge in [0, 0.05) is 28.6 Å². The lowest BCUT2D eigenvalue weighted by molar-refractivity contribution is 0.467. The van der Waals surface area contributed by atoms with Gasteiger partial charge in [-0.1, -0.05) is 66.2 Å². The zero-order valence-electron chi connectivity index (χ0n) is 13.5. The van der Waals surface area contributed by atoms with Crippen molar-refractivity contribution in [3.05, 3.63) is 101 Å². The number of fused-ring (bicyclic) bond motifs is 1. The third-order valence-corrected chi connectivity index (χ3v) is 4.59. The van der Waals surface area contributed by atoms with Gasteiger partial charge in [0.25, 0.3) is 0 Å². The van der Waals surface area contributed by atoms with Crippen LogP contribution < -0.4 is 0 Å². The molecule has 3 aromatic carbocycles. The van der Waals surface area contributed by atoms with Crippen molar-refractivity contribution in [2.45, 2.75) is 12.8 Å². The molecule has 4 aromatic rings. The second-order valence-corrected chi connectivity index (χ2v) is 6.19. The molecular formula is C22H19NO. The van der Waals surface area contributed by atoms with Crippen LogP contribution in [0.15, 0.2) is 79.0 Å². The Morgan fingerprint density at radius 1 is 0.792 bits per heavy atom. The lowest BCUT2D eigenvalue weighted by Gasteiger charge is -2.19. The number of aromatic hydroxyl groups is 1. The number of H-pyrrole nitrogens is 1. The van der Waals surface area contributed by atoms with Crippen LogP contribution in [0.4, 0.5) is 0 Å². The topological polar surface area (TPSA) is 36.0 Å². The molecule has 0 radical (unpaired) electrons. The number of nitrogens with one attached hydrogen (secondary N) is 1. The highest BCUT2D eigenvalue weighted by Crippen LogP contribution is 2.39. The minimum Gasteiger partial charge on any atom is -0.508 e. The van der Waals surface area contributed by atoms with E-state index in [1.807, 2.05) is 24.3 Å². The molecule has 0 spiro atoms. The van der Waals surface area contributed by atoms with Crippen molar-refractivity contribution in [2.24, 2.45) is 0 Å². The Morgan fingerprint density at radius 3 is 2.29 bits per heavy atom. The average Bonchev–Trinajstić information content (AvgIpc) is 3.02. The molecule has 2 nitrogen and oxygen atoms in total. The van der Waals surface area contributed by atoms with E-state index in [-0.39, 0.29) is 5.92 Å². The van der Waals surface area contributed by atoms with Gasteiger partial charge in [0.05, 0.1) is 0 Å². The molecule has 0 aliphatic rings. The Bertz CT molecular complexity index is 982. The van der Waals surface area contributed by atoms with E-state index in [1.54, 1.807) is 6.07 Å². The number of aromatic nitrogens is 1. The van der Waals surface area contributed by atoms with E-state index >= 15 is 0 Å². The molecule has 4 rings (SSSR count). The summed E-state index contributed by atoms with van der Waals surface area (Å²) in [6, 6.07) is 24.4. The van der Waals surface area contributed by atoms with E-state index in [9.17, 15) is 5.11 Å². The number of benzene rings is 3.